The highest BCUT2D eigenvalue weighted by Crippen LogP contribution is 2.32. The van der Waals surface area contributed by atoms with Crippen LogP contribution in [0.4, 0.5) is 0 Å². The molecule has 0 radical (unpaired) electrons. The molecule has 0 bridgehead atoms. The molecule has 0 N–H and O–H groups in total. The molecule has 0 nitrogen and oxygen atoms in total. The van der Waals surface area contributed by atoms with Gasteiger partial charge in [-0.2, -0.15) is 0 Å². The number of rotatable bonds is 1. The maximum Gasteiger partial charge on any atom is 0.0378 e. The third kappa shape index (κ3) is 1.44. The molecule has 0 aliphatic heterocycles. The summed E-state index contributed by atoms with van der Waals surface area (Å²) >= 11 is 1.82. The van der Waals surface area contributed by atoms with E-state index < -0.39 is 0 Å². The van der Waals surface area contributed by atoms with Crippen LogP contribution < -0.4 is 0 Å². The SMILES string of the molecule is Cc1c(-c2ccccc2)ccc2ccsc12. The molecule has 3 rings (SSSR count). The molecular formula is C15H12S. The molecule has 0 aliphatic carbocycles. The fourth-order valence-corrected chi connectivity index (χ4v) is 3.02. The zero-order valence-corrected chi connectivity index (χ0v) is 9.92. The van der Waals surface area contributed by atoms with Crippen molar-refractivity contribution in [2.75, 3.05) is 0 Å². The highest BCUT2D eigenvalue weighted by molar-refractivity contribution is 7.17. The van der Waals surface area contributed by atoms with Gasteiger partial charge in [0.2, 0.25) is 0 Å². The maximum absolute atomic E-state index is 2.22. The van der Waals surface area contributed by atoms with Gasteiger partial charge in [0.1, 0.15) is 0 Å². The maximum atomic E-state index is 2.22. The van der Waals surface area contributed by atoms with E-state index in [-0.39, 0.29) is 0 Å². The average Bonchev–Trinajstić information content (AvgIpc) is 2.80. The van der Waals surface area contributed by atoms with E-state index in [0.29, 0.717) is 0 Å². The van der Waals surface area contributed by atoms with Crippen LogP contribution >= 0.6 is 11.3 Å². The molecule has 0 aliphatic rings. The van der Waals surface area contributed by atoms with Crippen molar-refractivity contribution in [3.8, 4) is 11.1 Å². The molecule has 0 saturated carbocycles. The summed E-state index contributed by atoms with van der Waals surface area (Å²) in [5, 5.41) is 3.51. The van der Waals surface area contributed by atoms with E-state index in [0.717, 1.165) is 0 Å². The quantitative estimate of drug-likeness (QED) is 0.553. The van der Waals surface area contributed by atoms with Gasteiger partial charge in [-0.25, -0.2) is 0 Å². The first-order valence-corrected chi connectivity index (χ1v) is 6.26. The van der Waals surface area contributed by atoms with Gasteiger partial charge in [0.05, 0.1) is 0 Å². The standard InChI is InChI=1S/C15H12S/c1-11-14(12-5-3-2-4-6-12)8-7-13-9-10-16-15(11)13/h2-10H,1H3. The minimum absolute atomic E-state index is 1.30. The molecule has 0 fully saturated rings. The normalized spacial score (nSPS) is 10.8. The predicted octanol–water partition coefficient (Wildman–Crippen LogP) is 4.88. The van der Waals surface area contributed by atoms with E-state index in [1.807, 2.05) is 11.3 Å². The lowest BCUT2D eigenvalue weighted by Gasteiger charge is -2.06. The van der Waals surface area contributed by atoms with E-state index in [1.165, 1.54) is 26.8 Å². The molecule has 16 heavy (non-hydrogen) atoms. The van der Waals surface area contributed by atoms with E-state index in [9.17, 15) is 0 Å². The van der Waals surface area contributed by atoms with Crippen LogP contribution in [0.2, 0.25) is 0 Å². The first kappa shape index (κ1) is 9.61. The third-order valence-electron chi connectivity index (χ3n) is 2.95. The second kappa shape index (κ2) is 3.76. The van der Waals surface area contributed by atoms with Gasteiger partial charge >= 0.3 is 0 Å². The summed E-state index contributed by atoms with van der Waals surface area (Å²) in [6.07, 6.45) is 0. The third-order valence-corrected chi connectivity index (χ3v) is 4.00. The number of hydrogen-bond acceptors (Lipinski definition) is 1. The summed E-state index contributed by atoms with van der Waals surface area (Å²) in [5.74, 6) is 0. The molecule has 3 aromatic rings. The van der Waals surface area contributed by atoms with Gasteiger partial charge in [0.25, 0.3) is 0 Å². The smallest absolute Gasteiger partial charge is 0.0378 e. The second-order valence-electron chi connectivity index (χ2n) is 3.94. The molecule has 2 aromatic carbocycles. The predicted molar refractivity (Wildman–Crippen MR) is 72.0 cm³/mol. The van der Waals surface area contributed by atoms with Crippen molar-refractivity contribution in [1.29, 1.82) is 0 Å². The van der Waals surface area contributed by atoms with Crippen LogP contribution in [0, 0.1) is 6.92 Å². The van der Waals surface area contributed by atoms with E-state index in [2.05, 4.69) is 60.8 Å². The Labute approximate surface area is 99.2 Å². The fraction of sp³-hybridized carbons (Fsp3) is 0.0667. The van der Waals surface area contributed by atoms with Crippen LogP contribution in [0.15, 0.2) is 53.9 Å². The highest BCUT2D eigenvalue weighted by Gasteiger charge is 2.05. The molecule has 0 atom stereocenters. The van der Waals surface area contributed by atoms with Crippen molar-refractivity contribution in [1.82, 2.24) is 0 Å². The molecular weight excluding hydrogens is 212 g/mol. The minimum atomic E-state index is 1.30. The van der Waals surface area contributed by atoms with Crippen molar-refractivity contribution in [3.05, 3.63) is 59.5 Å². The minimum Gasteiger partial charge on any atom is -0.144 e. The molecule has 1 heterocycles. The average molecular weight is 224 g/mol. The molecule has 78 valence electrons. The monoisotopic (exact) mass is 224 g/mol. The Morgan fingerprint density at radius 2 is 1.69 bits per heavy atom. The van der Waals surface area contributed by atoms with Crippen LogP contribution in [0.1, 0.15) is 5.56 Å². The summed E-state index contributed by atoms with van der Waals surface area (Å²) in [6, 6.07) is 17.2. The summed E-state index contributed by atoms with van der Waals surface area (Å²) in [7, 11) is 0. The number of fused-ring (bicyclic) bond motifs is 1. The van der Waals surface area contributed by atoms with Gasteiger partial charge in [0.15, 0.2) is 0 Å². The Hall–Kier alpha value is -1.60. The summed E-state index contributed by atoms with van der Waals surface area (Å²) in [6.45, 7) is 2.21. The zero-order chi connectivity index (χ0) is 11.0. The molecule has 0 amide bonds. The molecule has 0 spiro atoms. The van der Waals surface area contributed by atoms with Gasteiger partial charge < -0.3 is 0 Å². The van der Waals surface area contributed by atoms with Crippen molar-refractivity contribution in [2.24, 2.45) is 0 Å². The second-order valence-corrected chi connectivity index (χ2v) is 4.86. The van der Waals surface area contributed by atoms with Crippen molar-refractivity contribution in [3.63, 3.8) is 0 Å². The van der Waals surface area contributed by atoms with Crippen LogP contribution in [0.25, 0.3) is 21.2 Å². The summed E-state index contributed by atoms with van der Waals surface area (Å²) in [5.41, 5.74) is 4.03. The van der Waals surface area contributed by atoms with Gasteiger partial charge in [-0.05, 0) is 40.4 Å². The molecule has 1 heteroatoms. The number of benzene rings is 2. The molecule has 0 unspecified atom stereocenters. The summed E-state index contributed by atoms with van der Waals surface area (Å²) < 4.78 is 1.40. The zero-order valence-electron chi connectivity index (χ0n) is 9.10. The van der Waals surface area contributed by atoms with E-state index in [1.54, 1.807) is 0 Å². The Morgan fingerprint density at radius 3 is 2.50 bits per heavy atom. The Kier molecular flexibility index (Phi) is 2.26. The Bertz CT molecular complexity index is 620. The molecule has 0 saturated heterocycles. The first-order chi connectivity index (χ1) is 7.86. The van der Waals surface area contributed by atoms with Crippen molar-refractivity contribution < 1.29 is 0 Å². The van der Waals surface area contributed by atoms with E-state index >= 15 is 0 Å². The van der Waals surface area contributed by atoms with Gasteiger partial charge in [-0.1, -0.05) is 42.5 Å². The van der Waals surface area contributed by atoms with Gasteiger partial charge in [0, 0.05) is 4.70 Å². The lowest BCUT2D eigenvalue weighted by molar-refractivity contribution is 1.53. The Morgan fingerprint density at radius 1 is 0.875 bits per heavy atom. The Balaban J connectivity index is 2.28. The number of hydrogen-bond donors (Lipinski definition) is 0. The highest BCUT2D eigenvalue weighted by atomic mass is 32.1. The topological polar surface area (TPSA) is 0 Å². The fourth-order valence-electron chi connectivity index (χ4n) is 2.11. The summed E-state index contributed by atoms with van der Waals surface area (Å²) in [4.78, 5) is 0. The lowest BCUT2D eigenvalue weighted by atomic mass is 9.99. The van der Waals surface area contributed by atoms with E-state index in [4.69, 9.17) is 0 Å². The van der Waals surface area contributed by atoms with Crippen molar-refractivity contribution >= 4 is 21.4 Å². The van der Waals surface area contributed by atoms with Crippen LogP contribution in [0.5, 0.6) is 0 Å². The van der Waals surface area contributed by atoms with Gasteiger partial charge in [-0.15, -0.1) is 11.3 Å². The molecule has 1 aromatic heterocycles. The van der Waals surface area contributed by atoms with Crippen LogP contribution in [-0.4, -0.2) is 0 Å². The van der Waals surface area contributed by atoms with Crippen LogP contribution in [0.3, 0.4) is 0 Å². The lowest BCUT2D eigenvalue weighted by Crippen LogP contribution is -1.82. The van der Waals surface area contributed by atoms with Crippen molar-refractivity contribution in [2.45, 2.75) is 6.92 Å². The number of aryl methyl sites for hydroxylation is 1. The van der Waals surface area contributed by atoms with Crippen LogP contribution in [-0.2, 0) is 0 Å². The first-order valence-electron chi connectivity index (χ1n) is 5.38. The van der Waals surface area contributed by atoms with Gasteiger partial charge in [-0.3, -0.25) is 0 Å². The largest absolute Gasteiger partial charge is 0.144 e. The number of thiophene rings is 1.